The minimum absolute atomic E-state index is 0.180. The Balaban J connectivity index is 2.37. The summed E-state index contributed by atoms with van der Waals surface area (Å²) >= 11 is 3.41. The monoisotopic (exact) mass is 306 g/mol. The number of ether oxygens (including phenoxy) is 1. The molecule has 0 aliphatic heterocycles. The third-order valence-electron chi connectivity index (χ3n) is 2.90. The van der Waals surface area contributed by atoms with Crippen molar-refractivity contribution < 1.29 is 4.74 Å². The van der Waals surface area contributed by atoms with E-state index in [1.165, 1.54) is 0 Å². The van der Waals surface area contributed by atoms with Crippen molar-refractivity contribution in [3.63, 3.8) is 0 Å². The molecule has 1 aromatic carbocycles. The lowest BCUT2D eigenvalue weighted by molar-refractivity contribution is 0.414. The summed E-state index contributed by atoms with van der Waals surface area (Å²) in [6.45, 7) is 2.03. The van der Waals surface area contributed by atoms with Crippen LogP contribution in [0.3, 0.4) is 0 Å². The summed E-state index contributed by atoms with van der Waals surface area (Å²) in [5.74, 6) is 0.843. The minimum Gasteiger partial charge on any atom is -0.497 e. The summed E-state index contributed by atoms with van der Waals surface area (Å²) in [4.78, 5) is 4.14. The fourth-order valence-electron chi connectivity index (χ4n) is 1.90. The maximum atomic E-state index is 6.28. The van der Waals surface area contributed by atoms with Crippen LogP contribution in [0.1, 0.15) is 22.7 Å². The van der Waals surface area contributed by atoms with Crippen molar-refractivity contribution in [2.45, 2.75) is 13.0 Å². The van der Waals surface area contributed by atoms with Crippen LogP contribution in [-0.2, 0) is 0 Å². The number of hydrogen-bond donors (Lipinski definition) is 1. The van der Waals surface area contributed by atoms with Gasteiger partial charge in [0.15, 0.2) is 0 Å². The molecule has 1 atom stereocenters. The number of halogens is 1. The van der Waals surface area contributed by atoms with Gasteiger partial charge >= 0.3 is 0 Å². The van der Waals surface area contributed by atoms with E-state index in [9.17, 15) is 0 Å². The molecule has 0 bridgehead atoms. The van der Waals surface area contributed by atoms with Gasteiger partial charge < -0.3 is 10.5 Å². The van der Waals surface area contributed by atoms with Gasteiger partial charge in [-0.15, -0.1) is 0 Å². The maximum Gasteiger partial charge on any atom is 0.119 e. The molecule has 1 aromatic heterocycles. The van der Waals surface area contributed by atoms with Crippen LogP contribution in [0.2, 0.25) is 0 Å². The summed E-state index contributed by atoms with van der Waals surface area (Å²) in [5, 5.41) is 0. The molecule has 2 N–H and O–H groups in total. The van der Waals surface area contributed by atoms with E-state index in [4.69, 9.17) is 10.5 Å². The zero-order valence-electron chi connectivity index (χ0n) is 10.4. The number of aromatic nitrogens is 1. The molecule has 1 unspecified atom stereocenters. The highest BCUT2D eigenvalue weighted by Gasteiger charge is 2.12. The Kier molecular flexibility index (Phi) is 3.99. The van der Waals surface area contributed by atoms with E-state index in [0.717, 1.165) is 26.9 Å². The van der Waals surface area contributed by atoms with E-state index in [-0.39, 0.29) is 6.04 Å². The number of pyridine rings is 1. The number of benzene rings is 1. The molecule has 0 aliphatic rings. The number of rotatable bonds is 3. The maximum absolute atomic E-state index is 6.28. The lowest BCUT2D eigenvalue weighted by Crippen LogP contribution is -2.13. The molecular weight excluding hydrogens is 292 g/mol. The summed E-state index contributed by atoms with van der Waals surface area (Å²) in [7, 11) is 1.66. The van der Waals surface area contributed by atoms with Crippen LogP contribution in [0.15, 0.2) is 41.1 Å². The predicted molar refractivity (Wildman–Crippen MR) is 75.7 cm³/mol. The van der Waals surface area contributed by atoms with E-state index in [2.05, 4.69) is 20.9 Å². The van der Waals surface area contributed by atoms with Crippen molar-refractivity contribution in [2.24, 2.45) is 5.73 Å². The average Bonchev–Trinajstić information content (AvgIpc) is 2.37. The Bertz CT molecular complexity index is 557. The molecule has 0 amide bonds. The third-order valence-corrected chi connectivity index (χ3v) is 3.33. The largest absolute Gasteiger partial charge is 0.497 e. The first kappa shape index (κ1) is 13.1. The number of methoxy groups -OCH3 is 1. The summed E-state index contributed by atoms with van der Waals surface area (Å²) in [5.41, 5.74) is 9.45. The first-order chi connectivity index (χ1) is 8.61. The average molecular weight is 307 g/mol. The fourth-order valence-corrected chi connectivity index (χ4v) is 2.28. The van der Waals surface area contributed by atoms with Crippen LogP contribution in [0.25, 0.3) is 0 Å². The van der Waals surface area contributed by atoms with Crippen molar-refractivity contribution in [3.8, 4) is 5.75 Å². The summed E-state index contributed by atoms with van der Waals surface area (Å²) < 4.78 is 6.13. The van der Waals surface area contributed by atoms with Gasteiger partial charge in [0, 0.05) is 16.9 Å². The van der Waals surface area contributed by atoms with Crippen LogP contribution < -0.4 is 10.5 Å². The molecule has 4 heteroatoms. The SMILES string of the molecule is COc1ccc(C(N)c2cncc(Br)c2)c(C)c1. The van der Waals surface area contributed by atoms with Crippen LogP contribution in [0.5, 0.6) is 5.75 Å². The molecule has 2 rings (SSSR count). The Morgan fingerprint density at radius 1 is 1.28 bits per heavy atom. The molecule has 0 aliphatic carbocycles. The molecule has 3 nitrogen and oxygen atoms in total. The van der Waals surface area contributed by atoms with Crippen molar-refractivity contribution in [2.75, 3.05) is 7.11 Å². The standard InChI is InChI=1S/C14H15BrN2O/c1-9-5-12(18-2)3-4-13(9)14(16)10-6-11(15)8-17-7-10/h3-8,14H,16H2,1-2H3. The van der Waals surface area contributed by atoms with Gasteiger partial charge in [-0.3, -0.25) is 4.98 Å². The van der Waals surface area contributed by atoms with E-state index in [0.29, 0.717) is 0 Å². The van der Waals surface area contributed by atoms with Crippen LogP contribution in [0.4, 0.5) is 0 Å². The minimum atomic E-state index is -0.180. The van der Waals surface area contributed by atoms with Gasteiger partial charge in [0.25, 0.3) is 0 Å². The lowest BCUT2D eigenvalue weighted by Gasteiger charge is -2.16. The second-order valence-electron chi connectivity index (χ2n) is 4.14. The molecule has 2 aromatic rings. The van der Waals surface area contributed by atoms with E-state index >= 15 is 0 Å². The Hall–Kier alpha value is -1.39. The number of nitrogens with two attached hydrogens (primary N) is 1. The number of hydrogen-bond acceptors (Lipinski definition) is 3. The summed E-state index contributed by atoms with van der Waals surface area (Å²) in [6.07, 6.45) is 3.54. The second-order valence-corrected chi connectivity index (χ2v) is 5.05. The van der Waals surface area contributed by atoms with Gasteiger partial charge in [0.1, 0.15) is 5.75 Å². The highest BCUT2D eigenvalue weighted by molar-refractivity contribution is 9.10. The van der Waals surface area contributed by atoms with Gasteiger partial charge in [-0.25, -0.2) is 0 Å². The van der Waals surface area contributed by atoms with Gasteiger partial charge in [0.2, 0.25) is 0 Å². The van der Waals surface area contributed by atoms with E-state index in [1.807, 2.05) is 31.2 Å². The lowest BCUT2D eigenvalue weighted by atomic mass is 9.97. The highest BCUT2D eigenvalue weighted by Crippen LogP contribution is 2.26. The molecular formula is C14H15BrN2O. The first-order valence-corrected chi connectivity index (χ1v) is 6.41. The van der Waals surface area contributed by atoms with Crippen molar-refractivity contribution in [1.82, 2.24) is 4.98 Å². The molecule has 0 saturated heterocycles. The zero-order chi connectivity index (χ0) is 13.1. The smallest absolute Gasteiger partial charge is 0.119 e. The molecule has 18 heavy (non-hydrogen) atoms. The Morgan fingerprint density at radius 2 is 2.06 bits per heavy atom. The van der Waals surface area contributed by atoms with Crippen LogP contribution >= 0.6 is 15.9 Å². The zero-order valence-corrected chi connectivity index (χ0v) is 11.9. The molecule has 0 spiro atoms. The van der Waals surface area contributed by atoms with Gasteiger partial charge in [-0.1, -0.05) is 6.07 Å². The molecule has 1 heterocycles. The van der Waals surface area contributed by atoms with Crippen LogP contribution in [-0.4, -0.2) is 12.1 Å². The third kappa shape index (κ3) is 2.71. The molecule has 0 radical (unpaired) electrons. The Morgan fingerprint density at radius 3 is 2.67 bits per heavy atom. The van der Waals surface area contributed by atoms with Crippen molar-refractivity contribution >= 4 is 15.9 Å². The molecule has 0 fully saturated rings. The van der Waals surface area contributed by atoms with Gasteiger partial charge in [0.05, 0.1) is 13.2 Å². The number of aryl methyl sites for hydroxylation is 1. The highest BCUT2D eigenvalue weighted by atomic mass is 79.9. The second kappa shape index (κ2) is 5.50. The van der Waals surface area contributed by atoms with Crippen molar-refractivity contribution in [3.05, 3.63) is 57.8 Å². The number of nitrogens with zero attached hydrogens (tertiary/aromatic N) is 1. The topological polar surface area (TPSA) is 48.1 Å². The van der Waals surface area contributed by atoms with Crippen LogP contribution in [0, 0.1) is 6.92 Å². The summed E-state index contributed by atoms with van der Waals surface area (Å²) in [6, 6.07) is 7.72. The van der Waals surface area contributed by atoms with Crippen molar-refractivity contribution in [1.29, 1.82) is 0 Å². The normalized spacial score (nSPS) is 12.2. The van der Waals surface area contributed by atoms with Gasteiger partial charge in [-0.05, 0) is 57.7 Å². The Labute approximate surface area is 115 Å². The van der Waals surface area contributed by atoms with E-state index < -0.39 is 0 Å². The quantitative estimate of drug-likeness (QED) is 0.947. The molecule has 94 valence electrons. The predicted octanol–water partition coefficient (Wildman–Crippen LogP) is 3.21. The molecule has 0 saturated carbocycles. The fraction of sp³-hybridized carbons (Fsp3) is 0.214. The van der Waals surface area contributed by atoms with Gasteiger partial charge in [-0.2, -0.15) is 0 Å². The van der Waals surface area contributed by atoms with E-state index in [1.54, 1.807) is 19.5 Å². The first-order valence-electron chi connectivity index (χ1n) is 5.62.